The summed E-state index contributed by atoms with van der Waals surface area (Å²) in [6, 6.07) is 9.32. The van der Waals surface area contributed by atoms with Crippen LogP contribution in [0.1, 0.15) is 11.1 Å². The lowest BCUT2D eigenvalue weighted by atomic mass is 10.1. The number of rotatable bonds is 3. The van der Waals surface area contributed by atoms with E-state index in [0.717, 1.165) is 12.1 Å². The number of phenols is 1. The van der Waals surface area contributed by atoms with Gasteiger partial charge in [0.15, 0.2) is 0 Å². The van der Waals surface area contributed by atoms with Crippen LogP contribution in [-0.2, 0) is 12.7 Å². The van der Waals surface area contributed by atoms with E-state index in [1.807, 2.05) is 0 Å². The summed E-state index contributed by atoms with van der Waals surface area (Å²) in [7, 11) is 0. The van der Waals surface area contributed by atoms with Crippen LogP contribution in [0.25, 0.3) is 0 Å². The molecular formula is C14H13F3N2O. The molecule has 0 aliphatic rings. The van der Waals surface area contributed by atoms with Crippen LogP contribution < -0.4 is 11.1 Å². The first-order valence-electron chi connectivity index (χ1n) is 5.85. The molecule has 6 heteroatoms. The zero-order valence-electron chi connectivity index (χ0n) is 10.4. The maximum atomic E-state index is 12.4. The summed E-state index contributed by atoms with van der Waals surface area (Å²) in [5.74, 6) is 0.0820. The Morgan fingerprint density at radius 2 is 1.70 bits per heavy atom. The number of aromatic hydroxyl groups is 1. The van der Waals surface area contributed by atoms with Crippen molar-refractivity contribution in [3.8, 4) is 5.75 Å². The lowest BCUT2D eigenvalue weighted by Gasteiger charge is -2.11. The number of halogens is 3. The van der Waals surface area contributed by atoms with Gasteiger partial charge in [-0.25, -0.2) is 0 Å². The van der Waals surface area contributed by atoms with Crippen LogP contribution in [0.3, 0.4) is 0 Å². The number of nitrogens with two attached hydrogens (primary N) is 1. The maximum Gasteiger partial charge on any atom is 0.416 e. The fraction of sp³-hybridized carbons (Fsp3) is 0.143. The molecule has 0 fully saturated rings. The summed E-state index contributed by atoms with van der Waals surface area (Å²) in [6.07, 6.45) is -4.34. The van der Waals surface area contributed by atoms with Gasteiger partial charge in [-0.05, 0) is 42.5 Å². The molecule has 0 heterocycles. The Balaban J connectivity index is 2.06. The van der Waals surface area contributed by atoms with Crippen molar-refractivity contribution < 1.29 is 18.3 Å². The maximum absolute atomic E-state index is 12.4. The monoisotopic (exact) mass is 282 g/mol. The van der Waals surface area contributed by atoms with E-state index in [9.17, 15) is 18.3 Å². The molecule has 2 rings (SSSR count). The molecular weight excluding hydrogens is 269 g/mol. The van der Waals surface area contributed by atoms with E-state index < -0.39 is 11.7 Å². The van der Waals surface area contributed by atoms with Crippen LogP contribution in [0, 0.1) is 0 Å². The van der Waals surface area contributed by atoms with Crippen LogP contribution in [0.4, 0.5) is 24.5 Å². The molecule has 4 N–H and O–H groups in total. The molecule has 0 saturated carbocycles. The van der Waals surface area contributed by atoms with Crippen molar-refractivity contribution in [2.45, 2.75) is 12.7 Å². The van der Waals surface area contributed by atoms with E-state index in [1.54, 1.807) is 12.1 Å². The minimum Gasteiger partial charge on any atom is -0.508 e. The van der Waals surface area contributed by atoms with Crippen LogP contribution >= 0.6 is 0 Å². The van der Waals surface area contributed by atoms with Crippen LogP contribution in [0.5, 0.6) is 5.75 Å². The molecule has 106 valence electrons. The van der Waals surface area contributed by atoms with E-state index in [1.165, 1.54) is 18.2 Å². The predicted octanol–water partition coefficient (Wildman–Crippen LogP) is 3.61. The Morgan fingerprint density at radius 1 is 1.05 bits per heavy atom. The molecule has 20 heavy (non-hydrogen) atoms. The lowest BCUT2D eigenvalue weighted by molar-refractivity contribution is -0.137. The van der Waals surface area contributed by atoms with Crippen molar-refractivity contribution in [2.75, 3.05) is 11.1 Å². The van der Waals surface area contributed by atoms with E-state index >= 15 is 0 Å². The van der Waals surface area contributed by atoms with E-state index in [-0.39, 0.29) is 12.3 Å². The Labute approximate surface area is 113 Å². The van der Waals surface area contributed by atoms with Gasteiger partial charge in [-0.2, -0.15) is 13.2 Å². The molecule has 0 amide bonds. The summed E-state index contributed by atoms with van der Waals surface area (Å²) in [5, 5.41) is 12.5. The fourth-order valence-electron chi connectivity index (χ4n) is 1.72. The zero-order valence-corrected chi connectivity index (χ0v) is 10.4. The number of alkyl halides is 3. The predicted molar refractivity (Wildman–Crippen MR) is 71.3 cm³/mol. The number of hydrogen-bond donors (Lipinski definition) is 3. The highest BCUT2D eigenvalue weighted by molar-refractivity contribution is 5.50. The topological polar surface area (TPSA) is 58.3 Å². The second kappa shape index (κ2) is 5.32. The molecule has 0 bridgehead atoms. The standard InChI is InChI=1S/C14H13F3N2O/c15-14(16,17)10-1-4-12(5-2-10)19-8-9-7-11(18)3-6-13(9)20/h1-7,19-20H,8,18H2. The number of nitrogens with one attached hydrogen (secondary N) is 1. The lowest BCUT2D eigenvalue weighted by Crippen LogP contribution is -2.05. The van der Waals surface area contributed by atoms with Gasteiger partial charge < -0.3 is 16.2 Å². The Hall–Kier alpha value is -2.37. The molecule has 0 saturated heterocycles. The van der Waals surface area contributed by atoms with E-state index in [4.69, 9.17) is 5.73 Å². The first kappa shape index (κ1) is 14.0. The quantitative estimate of drug-likeness (QED) is 0.595. The summed E-state index contributed by atoms with van der Waals surface area (Å²) in [5.41, 5.74) is 6.51. The van der Waals surface area contributed by atoms with Gasteiger partial charge in [-0.3, -0.25) is 0 Å². The van der Waals surface area contributed by atoms with Crippen LogP contribution in [0.2, 0.25) is 0 Å². The van der Waals surface area contributed by atoms with E-state index in [0.29, 0.717) is 16.9 Å². The zero-order chi connectivity index (χ0) is 14.8. The highest BCUT2D eigenvalue weighted by Gasteiger charge is 2.29. The molecule has 2 aromatic rings. The van der Waals surface area contributed by atoms with E-state index in [2.05, 4.69) is 5.32 Å². The van der Waals surface area contributed by atoms with Gasteiger partial charge in [0.05, 0.1) is 5.56 Å². The van der Waals surface area contributed by atoms with Crippen molar-refractivity contribution in [1.82, 2.24) is 0 Å². The number of nitrogen functional groups attached to an aromatic ring is 1. The highest BCUT2D eigenvalue weighted by atomic mass is 19.4. The summed E-state index contributed by atoms with van der Waals surface area (Å²) >= 11 is 0. The third-order valence-corrected chi connectivity index (χ3v) is 2.80. The summed E-state index contributed by atoms with van der Waals surface area (Å²) in [6.45, 7) is 0.266. The van der Waals surface area contributed by atoms with Gasteiger partial charge in [0.1, 0.15) is 5.75 Å². The third kappa shape index (κ3) is 3.34. The van der Waals surface area contributed by atoms with Gasteiger partial charge >= 0.3 is 6.18 Å². The Morgan fingerprint density at radius 3 is 2.30 bits per heavy atom. The molecule has 0 aromatic heterocycles. The summed E-state index contributed by atoms with van der Waals surface area (Å²) in [4.78, 5) is 0. The average molecular weight is 282 g/mol. The Bertz CT molecular complexity index is 594. The molecule has 0 radical (unpaired) electrons. The largest absolute Gasteiger partial charge is 0.508 e. The van der Waals surface area contributed by atoms with Crippen molar-refractivity contribution in [1.29, 1.82) is 0 Å². The van der Waals surface area contributed by atoms with Gasteiger partial charge in [0.2, 0.25) is 0 Å². The molecule has 0 spiro atoms. The number of anilines is 2. The molecule has 0 aliphatic carbocycles. The van der Waals surface area contributed by atoms with Crippen LogP contribution in [-0.4, -0.2) is 5.11 Å². The molecule has 0 atom stereocenters. The summed E-state index contributed by atoms with van der Waals surface area (Å²) < 4.78 is 37.2. The molecule has 3 nitrogen and oxygen atoms in total. The minimum atomic E-state index is -4.34. The second-order valence-electron chi connectivity index (χ2n) is 4.32. The number of hydrogen-bond acceptors (Lipinski definition) is 3. The fourth-order valence-corrected chi connectivity index (χ4v) is 1.72. The average Bonchev–Trinajstić information content (AvgIpc) is 2.39. The first-order valence-corrected chi connectivity index (χ1v) is 5.85. The number of phenolic OH excluding ortho intramolecular Hbond substituents is 1. The van der Waals surface area contributed by atoms with Gasteiger partial charge in [-0.15, -0.1) is 0 Å². The second-order valence-corrected chi connectivity index (χ2v) is 4.32. The van der Waals surface area contributed by atoms with Crippen molar-refractivity contribution >= 4 is 11.4 Å². The minimum absolute atomic E-state index is 0.0820. The smallest absolute Gasteiger partial charge is 0.416 e. The van der Waals surface area contributed by atoms with Crippen LogP contribution in [0.15, 0.2) is 42.5 Å². The third-order valence-electron chi connectivity index (χ3n) is 2.80. The SMILES string of the molecule is Nc1ccc(O)c(CNc2ccc(C(F)(F)F)cc2)c1. The normalized spacial score (nSPS) is 11.3. The van der Waals surface area contributed by atoms with Crippen molar-refractivity contribution in [3.05, 3.63) is 53.6 Å². The van der Waals surface area contributed by atoms with Crippen molar-refractivity contribution in [2.24, 2.45) is 0 Å². The highest BCUT2D eigenvalue weighted by Crippen LogP contribution is 2.30. The van der Waals surface area contributed by atoms with Crippen molar-refractivity contribution in [3.63, 3.8) is 0 Å². The number of benzene rings is 2. The Kier molecular flexibility index (Phi) is 3.74. The molecule has 0 unspecified atom stereocenters. The molecule has 2 aromatic carbocycles. The molecule has 0 aliphatic heterocycles. The first-order chi connectivity index (χ1) is 9.36. The van der Waals surface area contributed by atoms with Gasteiger partial charge in [0.25, 0.3) is 0 Å². The van der Waals surface area contributed by atoms with Gasteiger partial charge in [-0.1, -0.05) is 0 Å². The van der Waals surface area contributed by atoms with Gasteiger partial charge in [0, 0.05) is 23.5 Å².